The van der Waals surface area contributed by atoms with E-state index >= 15 is 0 Å². The molecule has 3 aromatic rings. The molecule has 0 aliphatic carbocycles. The fraction of sp³-hybridized carbons (Fsp3) is 0.300. The van der Waals surface area contributed by atoms with Gasteiger partial charge in [-0.2, -0.15) is 10.1 Å². The van der Waals surface area contributed by atoms with Crippen LogP contribution in [0.2, 0.25) is 5.02 Å². The van der Waals surface area contributed by atoms with Gasteiger partial charge in [-0.1, -0.05) is 23.7 Å². The van der Waals surface area contributed by atoms with Gasteiger partial charge < -0.3 is 19.5 Å². The van der Waals surface area contributed by atoms with Gasteiger partial charge in [0, 0.05) is 5.02 Å². The molecule has 2 heterocycles. The second-order valence-electron chi connectivity index (χ2n) is 6.49. The smallest absolute Gasteiger partial charge is 0.222 e. The Morgan fingerprint density at radius 2 is 1.68 bits per heavy atom. The van der Waals surface area contributed by atoms with E-state index < -0.39 is 0 Å². The number of ether oxygens (including phenoxy) is 3. The van der Waals surface area contributed by atoms with E-state index in [2.05, 4.69) is 15.4 Å². The summed E-state index contributed by atoms with van der Waals surface area (Å²) in [5.74, 6) is 2.50. The maximum Gasteiger partial charge on any atom is 0.222 e. The first-order valence-electron chi connectivity index (χ1n) is 8.86. The van der Waals surface area contributed by atoms with Crippen molar-refractivity contribution in [3.8, 4) is 17.2 Å². The topological polar surface area (TPSA) is 70.4 Å². The van der Waals surface area contributed by atoms with E-state index in [1.807, 2.05) is 41.1 Å². The van der Waals surface area contributed by atoms with Crippen LogP contribution in [0, 0.1) is 0 Å². The van der Waals surface area contributed by atoms with Crippen LogP contribution in [-0.4, -0.2) is 36.1 Å². The lowest BCUT2D eigenvalue weighted by atomic mass is 9.93. The number of fused-ring (bicyclic) bond motifs is 1. The van der Waals surface area contributed by atoms with Crippen LogP contribution in [0.15, 0.2) is 42.7 Å². The number of hydrogen-bond donors (Lipinski definition) is 1. The van der Waals surface area contributed by atoms with Crippen molar-refractivity contribution in [1.82, 2.24) is 14.8 Å². The monoisotopic (exact) mass is 400 g/mol. The van der Waals surface area contributed by atoms with Gasteiger partial charge in [-0.05, 0) is 41.8 Å². The Labute approximate surface area is 168 Å². The average molecular weight is 401 g/mol. The lowest BCUT2D eigenvalue weighted by molar-refractivity contribution is 0.322. The highest BCUT2D eigenvalue weighted by atomic mass is 35.5. The quantitative estimate of drug-likeness (QED) is 0.695. The van der Waals surface area contributed by atoms with Crippen LogP contribution in [0.25, 0.3) is 0 Å². The molecule has 2 aromatic carbocycles. The van der Waals surface area contributed by atoms with Gasteiger partial charge in [0.2, 0.25) is 11.7 Å². The van der Waals surface area contributed by atoms with Crippen LogP contribution in [0.5, 0.6) is 17.2 Å². The summed E-state index contributed by atoms with van der Waals surface area (Å²) in [6, 6.07) is 11.8. The Kier molecular flexibility index (Phi) is 5.00. The van der Waals surface area contributed by atoms with Crippen LogP contribution in [0.4, 0.5) is 5.95 Å². The Morgan fingerprint density at radius 1 is 1.00 bits per heavy atom. The SMILES string of the molecule is COc1cc([C@H]2C[C@@H](c3ccc(Cl)cc3)Nc3ncnn32)cc(OC)c1OC. The summed E-state index contributed by atoms with van der Waals surface area (Å²) in [6.45, 7) is 0. The van der Waals surface area contributed by atoms with Crippen molar-refractivity contribution < 1.29 is 14.2 Å². The van der Waals surface area contributed by atoms with Crippen LogP contribution in [0.1, 0.15) is 29.6 Å². The Bertz CT molecular complexity index is 949. The maximum absolute atomic E-state index is 6.05. The minimum Gasteiger partial charge on any atom is -0.493 e. The number of halogens is 1. The van der Waals surface area contributed by atoms with E-state index in [-0.39, 0.29) is 12.1 Å². The average Bonchev–Trinajstić information content (AvgIpc) is 3.21. The largest absolute Gasteiger partial charge is 0.493 e. The summed E-state index contributed by atoms with van der Waals surface area (Å²) in [5.41, 5.74) is 2.14. The molecule has 2 atom stereocenters. The lowest BCUT2D eigenvalue weighted by Gasteiger charge is -2.32. The van der Waals surface area contributed by atoms with Gasteiger partial charge in [0.15, 0.2) is 11.5 Å². The first kappa shape index (κ1) is 18.4. The Balaban J connectivity index is 1.77. The van der Waals surface area contributed by atoms with Gasteiger partial charge in [-0.3, -0.25) is 0 Å². The zero-order chi connectivity index (χ0) is 19.7. The van der Waals surface area contributed by atoms with Gasteiger partial charge in [0.25, 0.3) is 0 Å². The Hall–Kier alpha value is -2.93. The lowest BCUT2D eigenvalue weighted by Crippen LogP contribution is -2.28. The molecule has 0 bridgehead atoms. The van der Waals surface area contributed by atoms with E-state index in [1.54, 1.807) is 27.7 Å². The number of aromatic nitrogens is 3. The molecule has 0 saturated carbocycles. The molecule has 0 fully saturated rings. The minimum atomic E-state index is -0.0480. The normalized spacial score (nSPS) is 18.1. The molecule has 1 aliphatic rings. The van der Waals surface area contributed by atoms with Crippen LogP contribution < -0.4 is 19.5 Å². The second-order valence-corrected chi connectivity index (χ2v) is 6.92. The molecule has 0 spiro atoms. The zero-order valence-corrected chi connectivity index (χ0v) is 16.6. The van der Waals surface area contributed by atoms with Crippen molar-refractivity contribution in [2.75, 3.05) is 26.6 Å². The molecule has 0 unspecified atom stereocenters. The highest BCUT2D eigenvalue weighted by Gasteiger charge is 2.31. The zero-order valence-electron chi connectivity index (χ0n) is 15.8. The van der Waals surface area contributed by atoms with E-state index in [4.69, 9.17) is 25.8 Å². The van der Waals surface area contributed by atoms with Crippen molar-refractivity contribution >= 4 is 17.5 Å². The van der Waals surface area contributed by atoms with Gasteiger partial charge >= 0.3 is 0 Å². The first-order chi connectivity index (χ1) is 13.6. The highest BCUT2D eigenvalue weighted by molar-refractivity contribution is 6.30. The van der Waals surface area contributed by atoms with E-state index in [0.29, 0.717) is 28.2 Å². The number of nitrogens with zero attached hydrogens (tertiary/aromatic N) is 3. The van der Waals surface area contributed by atoms with E-state index in [1.165, 1.54) is 0 Å². The third-order valence-electron chi connectivity index (χ3n) is 4.97. The van der Waals surface area contributed by atoms with Crippen molar-refractivity contribution in [1.29, 1.82) is 0 Å². The molecule has 0 amide bonds. The summed E-state index contributed by atoms with van der Waals surface area (Å²) in [6.07, 6.45) is 2.33. The summed E-state index contributed by atoms with van der Waals surface area (Å²) < 4.78 is 18.4. The van der Waals surface area contributed by atoms with Crippen LogP contribution >= 0.6 is 11.6 Å². The van der Waals surface area contributed by atoms with Gasteiger partial charge in [0.05, 0.1) is 33.4 Å². The third kappa shape index (κ3) is 3.22. The number of benzene rings is 2. The number of anilines is 1. The highest BCUT2D eigenvalue weighted by Crippen LogP contribution is 2.44. The summed E-state index contributed by atoms with van der Waals surface area (Å²) in [4.78, 5) is 4.37. The number of hydrogen-bond acceptors (Lipinski definition) is 6. The van der Waals surface area contributed by atoms with Crippen LogP contribution in [-0.2, 0) is 0 Å². The molecule has 0 saturated heterocycles. The van der Waals surface area contributed by atoms with E-state index in [9.17, 15) is 0 Å². The number of methoxy groups -OCH3 is 3. The predicted molar refractivity (Wildman–Crippen MR) is 107 cm³/mol. The standard InChI is InChI=1S/C20H21ClN4O3/c1-26-17-8-13(9-18(27-2)19(17)28-3)16-10-15(12-4-6-14(21)7-5-12)24-20-22-11-23-25(16)20/h4-9,11,15-16H,10H2,1-3H3,(H,22,23,24)/t15-,16+/m0/s1. The number of nitrogens with one attached hydrogen (secondary N) is 1. The van der Waals surface area contributed by atoms with Crippen molar-refractivity contribution in [2.24, 2.45) is 0 Å². The maximum atomic E-state index is 6.05. The van der Waals surface area contributed by atoms with Crippen molar-refractivity contribution in [2.45, 2.75) is 18.5 Å². The molecule has 7 nitrogen and oxygen atoms in total. The predicted octanol–water partition coefficient (Wildman–Crippen LogP) is 4.10. The van der Waals surface area contributed by atoms with Crippen molar-refractivity contribution in [3.63, 3.8) is 0 Å². The van der Waals surface area contributed by atoms with Gasteiger partial charge in [-0.25, -0.2) is 4.68 Å². The molecule has 4 rings (SSSR count). The fourth-order valence-corrected chi connectivity index (χ4v) is 3.73. The van der Waals surface area contributed by atoms with Crippen LogP contribution in [0.3, 0.4) is 0 Å². The fourth-order valence-electron chi connectivity index (χ4n) is 3.60. The third-order valence-corrected chi connectivity index (χ3v) is 5.23. The molecule has 1 aromatic heterocycles. The van der Waals surface area contributed by atoms with Gasteiger partial charge in [-0.15, -0.1) is 0 Å². The van der Waals surface area contributed by atoms with Crippen molar-refractivity contribution in [3.05, 3.63) is 58.9 Å². The Morgan fingerprint density at radius 3 is 2.29 bits per heavy atom. The molecule has 1 aliphatic heterocycles. The summed E-state index contributed by atoms with van der Waals surface area (Å²) in [5, 5.41) is 8.58. The molecule has 146 valence electrons. The number of rotatable bonds is 5. The minimum absolute atomic E-state index is 0.0480. The molecule has 8 heteroatoms. The van der Waals surface area contributed by atoms with E-state index in [0.717, 1.165) is 17.5 Å². The summed E-state index contributed by atoms with van der Waals surface area (Å²) in [7, 11) is 4.82. The molecule has 1 N–H and O–H groups in total. The second kappa shape index (κ2) is 7.59. The van der Waals surface area contributed by atoms with Gasteiger partial charge in [0.1, 0.15) is 6.33 Å². The molecule has 28 heavy (non-hydrogen) atoms. The first-order valence-corrected chi connectivity index (χ1v) is 9.23. The molecular formula is C20H21ClN4O3. The summed E-state index contributed by atoms with van der Waals surface area (Å²) >= 11 is 6.05. The molecular weight excluding hydrogens is 380 g/mol. The molecule has 0 radical (unpaired) electrons.